The summed E-state index contributed by atoms with van der Waals surface area (Å²) in [6.07, 6.45) is 1.90. The zero-order valence-corrected chi connectivity index (χ0v) is 17.2. The average Bonchev–Trinajstić information content (AvgIpc) is 3.58. The zero-order chi connectivity index (χ0) is 22.7. The molecule has 3 aromatic rings. The molecular weight excluding hydrogens is 410 g/mol. The first-order valence-corrected chi connectivity index (χ1v) is 9.95. The van der Waals surface area contributed by atoms with Gasteiger partial charge >= 0.3 is 0 Å². The molecule has 0 saturated heterocycles. The number of benzene rings is 3. The second-order valence-electron chi connectivity index (χ2n) is 7.52. The number of ether oxygens (including phenoxy) is 1. The van der Waals surface area contributed by atoms with E-state index < -0.39 is 21.8 Å². The molecule has 1 N–H and O–H groups in total. The van der Waals surface area contributed by atoms with E-state index in [2.05, 4.69) is 10.5 Å². The monoisotopic (exact) mass is 430 g/mol. The van der Waals surface area contributed by atoms with Gasteiger partial charge in [0.05, 0.1) is 24.2 Å². The second-order valence-corrected chi connectivity index (χ2v) is 7.52. The average molecular weight is 430 g/mol. The van der Waals surface area contributed by atoms with Crippen molar-refractivity contribution in [1.82, 2.24) is 5.43 Å². The van der Waals surface area contributed by atoms with E-state index in [1.807, 2.05) is 60.7 Å². The van der Waals surface area contributed by atoms with Crippen LogP contribution in [0.1, 0.15) is 23.1 Å². The lowest BCUT2D eigenvalue weighted by Gasteiger charge is -2.18. The number of rotatable bonds is 7. The Hall–Kier alpha value is -4.20. The van der Waals surface area contributed by atoms with Gasteiger partial charge in [-0.25, -0.2) is 5.43 Å². The molecule has 3 aromatic carbocycles. The smallest absolute Gasteiger partial charge is 0.266 e. The summed E-state index contributed by atoms with van der Waals surface area (Å²) in [5.41, 5.74) is 3.87. The van der Waals surface area contributed by atoms with Crippen LogP contribution in [0.25, 0.3) is 0 Å². The number of hydrogen-bond donors (Lipinski definition) is 1. The number of nitrogens with one attached hydrogen (secondary N) is 1. The van der Waals surface area contributed by atoms with Crippen LogP contribution in [0.4, 0.5) is 5.69 Å². The standard InChI is InChI=1S/C24H21N3O5/c1-32-21-13-16(12-20(22(21)28)27(30)31)15-25-26-23(29)19-14-24(19,17-8-4-2-5-9-17)18-10-6-3-7-11-18/h2-13,15,19,28H,14H2,1H3,(H,26,29)/p-1/b25-15-/t19-/m1/s1. The van der Waals surface area contributed by atoms with E-state index in [9.17, 15) is 20.0 Å². The lowest BCUT2D eigenvalue weighted by atomic mass is 9.85. The van der Waals surface area contributed by atoms with Gasteiger partial charge in [0.1, 0.15) is 5.75 Å². The minimum Gasteiger partial charge on any atom is -0.865 e. The quantitative estimate of drug-likeness (QED) is 0.351. The minimum atomic E-state index is -0.813. The lowest BCUT2D eigenvalue weighted by molar-refractivity contribution is -0.398. The second kappa shape index (κ2) is 8.50. The van der Waals surface area contributed by atoms with Gasteiger partial charge in [-0.3, -0.25) is 14.9 Å². The van der Waals surface area contributed by atoms with E-state index in [-0.39, 0.29) is 23.1 Å². The summed E-state index contributed by atoms with van der Waals surface area (Å²) in [5, 5.41) is 27.0. The molecule has 1 amide bonds. The van der Waals surface area contributed by atoms with Crippen molar-refractivity contribution in [3.8, 4) is 11.5 Å². The van der Waals surface area contributed by atoms with Crippen LogP contribution in [0, 0.1) is 16.0 Å². The van der Waals surface area contributed by atoms with Gasteiger partial charge in [0, 0.05) is 22.8 Å². The molecule has 8 heteroatoms. The van der Waals surface area contributed by atoms with Crippen LogP contribution < -0.4 is 15.3 Å². The predicted molar refractivity (Wildman–Crippen MR) is 117 cm³/mol. The summed E-state index contributed by atoms with van der Waals surface area (Å²) in [5.74, 6) is -1.54. The Morgan fingerprint density at radius 2 is 1.72 bits per heavy atom. The van der Waals surface area contributed by atoms with Crippen LogP contribution in [0.3, 0.4) is 0 Å². The first-order chi connectivity index (χ1) is 15.5. The summed E-state index contributed by atoms with van der Waals surface area (Å²) in [4.78, 5) is 23.2. The number of hydrogen-bond acceptors (Lipinski definition) is 6. The molecule has 0 unspecified atom stereocenters. The van der Waals surface area contributed by atoms with Gasteiger partial charge in [0.15, 0.2) is 0 Å². The molecule has 4 rings (SSSR count). The molecule has 1 aliphatic rings. The number of nitro groups is 1. The topological polar surface area (TPSA) is 117 Å². The highest BCUT2D eigenvalue weighted by Crippen LogP contribution is 2.58. The van der Waals surface area contributed by atoms with Crippen molar-refractivity contribution in [1.29, 1.82) is 0 Å². The molecule has 0 aliphatic heterocycles. The number of nitro benzene ring substituents is 1. The Kier molecular flexibility index (Phi) is 5.59. The van der Waals surface area contributed by atoms with Crippen LogP contribution in [-0.2, 0) is 10.2 Å². The third-order valence-corrected chi connectivity index (χ3v) is 5.72. The number of methoxy groups -OCH3 is 1. The number of carbonyl (C=O) groups is 1. The number of amides is 1. The van der Waals surface area contributed by atoms with Crippen molar-refractivity contribution in [2.75, 3.05) is 7.11 Å². The van der Waals surface area contributed by atoms with Crippen molar-refractivity contribution >= 4 is 17.8 Å². The Balaban J connectivity index is 1.55. The van der Waals surface area contributed by atoms with E-state index >= 15 is 0 Å². The van der Waals surface area contributed by atoms with Gasteiger partial charge in [-0.2, -0.15) is 5.10 Å². The van der Waals surface area contributed by atoms with Crippen LogP contribution in [0.15, 0.2) is 77.9 Å². The van der Waals surface area contributed by atoms with Crippen LogP contribution in [0.2, 0.25) is 0 Å². The van der Waals surface area contributed by atoms with Crippen LogP contribution in [0.5, 0.6) is 11.5 Å². The summed E-state index contributed by atoms with van der Waals surface area (Å²) in [7, 11) is 1.25. The molecule has 0 spiro atoms. The number of nitrogens with zero attached hydrogens (tertiary/aromatic N) is 2. The third-order valence-electron chi connectivity index (χ3n) is 5.72. The van der Waals surface area contributed by atoms with Gasteiger partial charge < -0.3 is 9.84 Å². The molecule has 162 valence electrons. The van der Waals surface area contributed by atoms with E-state index in [0.717, 1.165) is 17.2 Å². The molecule has 8 nitrogen and oxygen atoms in total. The molecule has 32 heavy (non-hydrogen) atoms. The Labute approximate surface area is 184 Å². The maximum absolute atomic E-state index is 12.9. The Morgan fingerprint density at radius 3 is 2.25 bits per heavy atom. The van der Waals surface area contributed by atoms with Gasteiger partial charge in [0.25, 0.3) is 5.69 Å². The Bertz CT molecular complexity index is 1140. The van der Waals surface area contributed by atoms with E-state index in [0.29, 0.717) is 6.42 Å². The summed E-state index contributed by atoms with van der Waals surface area (Å²) in [6, 6.07) is 22.1. The van der Waals surface area contributed by atoms with E-state index in [1.165, 1.54) is 19.4 Å². The predicted octanol–water partition coefficient (Wildman–Crippen LogP) is 3.13. The van der Waals surface area contributed by atoms with Crippen molar-refractivity contribution < 1.29 is 19.6 Å². The fourth-order valence-corrected chi connectivity index (χ4v) is 4.07. The molecule has 1 aliphatic carbocycles. The van der Waals surface area contributed by atoms with Gasteiger partial charge in [0.2, 0.25) is 5.91 Å². The van der Waals surface area contributed by atoms with E-state index in [1.54, 1.807) is 0 Å². The highest BCUT2D eigenvalue weighted by molar-refractivity contribution is 5.88. The first kappa shape index (κ1) is 21.0. The van der Waals surface area contributed by atoms with E-state index in [4.69, 9.17) is 4.74 Å². The first-order valence-electron chi connectivity index (χ1n) is 9.95. The molecule has 1 fully saturated rings. The Morgan fingerprint density at radius 1 is 1.12 bits per heavy atom. The van der Waals surface area contributed by atoms with Crippen LogP contribution in [-0.4, -0.2) is 24.2 Å². The number of hydrazone groups is 1. The normalized spacial score (nSPS) is 16.5. The molecular formula is C24H20N3O5-. The summed E-state index contributed by atoms with van der Waals surface area (Å²) < 4.78 is 4.91. The fraction of sp³-hybridized carbons (Fsp3) is 0.167. The molecule has 0 bridgehead atoms. The zero-order valence-electron chi connectivity index (χ0n) is 17.2. The van der Waals surface area contributed by atoms with Gasteiger partial charge in [-0.1, -0.05) is 60.7 Å². The molecule has 1 atom stereocenters. The van der Waals surface area contributed by atoms with Crippen molar-refractivity contribution in [3.05, 3.63) is 99.6 Å². The maximum Gasteiger partial charge on any atom is 0.266 e. The molecule has 0 aromatic heterocycles. The van der Waals surface area contributed by atoms with Crippen LogP contribution >= 0.6 is 0 Å². The number of carbonyl (C=O) groups excluding carboxylic acids is 1. The van der Waals surface area contributed by atoms with Crippen molar-refractivity contribution in [2.24, 2.45) is 11.0 Å². The molecule has 0 heterocycles. The van der Waals surface area contributed by atoms with Gasteiger partial charge in [-0.05, 0) is 23.6 Å². The highest BCUT2D eigenvalue weighted by Gasteiger charge is 2.60. The largest absolute Gasteiger partial charge is 0.865 e. The third kappa shape index (κ3) is 3.78. The SMILES string of the molecule is COc1cc(/C=N\NC(=O)[C@H]2CC2(c2ccccc2)c2ccccc2)cc([N+](=O)[O-])c1[O-]. The fourth-order valence-electron chi connectivity index (χ4n) is 4.07. The highest BCUT2D eigenvalue weighted by atomic mass is 16.6. The lowest BCUT2D eigenvalue weighted by Crippen LogP contribution is -2.25. The summed E-state index contributed by atoms with van der Waals surface area (Å²) in [6.45, 7) is 0. The molecule has 0 radical (unpaired) electrons. The molecule has 1 saturated carbocycles. The van der Waals surface area contributed by atoms with Crippen molar-refractivity contribution in [3.63, 3.8) is 0 Å². The summed E-state index contributed by atoms with van der Waals surface area (Å²) >= 11 is 0. The minimum absolute atomic E-state index is 0.165. The van der Waals surface area contributed by atoms with Crippen molar-refractivity contribution in [2.45, 2.75) is 11.8 Å². The van der Waals surface area contributed by atoms with Gasteiger partial charge in [-0.15, -0.1) is 0 Å². The maximum atomic E-state index is 12.9.